The molecule has 0 aliphatic carbocycles. The van der Waals surface area contributed by atoms with Gasteiger partial charge in [-0.2, -0.15) is 4.98 Å². The SMILES string of the molecule is COc1cccc(NC(=O)CSc2ccc(-c3nc(-c4ccccc4)no3)cn2)c1. The molecule has 0 atom stereocenters. The third-order valence-corrected chi connectivity index (χ3v) is 5.09. The van der Waals surface area contributed by atoms with Crippen LogP contribution in [0.4, 0.5) is 5.69 Å². The number of anilines is 1. The average molecular weight is 418 g/mol. The molecule has 2 heterocycles. The maximum atomic E-state index is 12.2. The summed E-state index contributed by atoms with van der Waals surface area (Å²) in [5.74, 6) is 1.73. The van der Waals surface area contributed by atoms with E-state index in [2.05, 4.69) is 20.4 Å². The summed E-state index contributed by atoms with van der Waals surface area (Å²) < 4.78 is 10.5. The van der Waals surface area contributed by atoms with E-state index in [1.807, 2.05) is 60.7 Å². The molecule has 30 heavy (non-hydrogen) atoms. The van der Waals surface area contributed by atoms with Crippen molar-refractivity contribution in [2.75, 3.05) is 18.2 Å². The van der Waals surface area contributed by atoms with Gasteiger partial charge in [0, 0.05) is 23.5 Å². The van der Waals surface area contributed by atoms with E-state index in [0.29, 0.717) is 23.2 Å². The van der Waals surface area contributed by atoms with Crippen molar-refractivity contribution < 1.29 is 14.1 Å². The molecular formula is C22H18N4O3S. The quantitative estimate of drug-likeness (QED) is 0.441. The fourth-order valence-corrected chi connectivity index (χ4v) is 3.32. The molecule has 1 N–H and O–H groups in total. The van der Waals surface area contributed by atoms with Crippen molar-refractivity contribution in [1.29, 1.82) is 0 Å². The maximum absolute atomic E-state index is 12.2. The number of nitrogens with zero attached hydrogens (tertiary/aromatic N) is 3. The molecule has 2 aromatic heterocycles. The molecule has 2 aromatic carbocycles. The van der Waals surface area contributed by atoms with E-state index < -0.39 is 0 Å². The molecule has 0 fully saturated rings. The molecule has 0 aliphatic heterocycles. The lowest BCUT2D eigenvalue weighted by Crippen LogP contribution is -2.14. The van der Waals surface area contributed by atoms with E-state index in [4.69, 9.17) is 9.26 Å². The number of carbonyl (C=O) groups is 1. The summed E-state index contributed by atoms with van der Waals surface area (Å²) in [7, 11) is 1.59. The topological polar surface area (TPSA) is 90.1 Å². The molecule has 0 spiro atoms. The first-order chi connectivity index (χ1) is 14.7. The number of rotatable bonds is 7. The highest BCUT2D eigenvalue weighted by molar-refractivity contribution is 7.99. The number of aromatic nitrogens is 3. The Hall–Kier alpha value is -3.65. The zero-order valence-corrected chi connectivity index (χ0v) is 16.9. The molecule has 0 radical (unpaired) electrons. The minimum absolute atomic E-state index is 0.122. The number of hydrogen-bond acceptors (Lipinski definition) is 7. The van der Waals surface area contributed by atoms with Gasteiger partial charge >= 0.3 is 0 Å². The Morgan fingerprint density at radius 1 is 1.07 bits per heavy atom. The van der Waals surface area contributed by atoms with Crippen LogP contribution in [0.25, 0.3) is 22.8 Å². The molecule has 0 saturated carbocycles. The number of methoxy groups -OCH3 is 1. The molecule has 8 heteroatoms. The molecule has 4 rings (SSSR count). The first-order valence-corrected chi connectivity index (χ1v) is 10.1. The minimum Gasteiger partial charge on any atom is -0.497 e. The Morgan fingerprint density at radius 3 is 2.70 bits per heavy atom. The van der Waals surface area contributed by atoms with Gasteiger partial charge in [0.2, 0.25) is 11.7 Å². The number of pyridine rings is 1. The summed E-state index contributed by atoms with van der Waals surface area (Å²) in [4.78, 5) is 21.0. The van der Waals surface area contributed by atoms with Gasteiger partial charge in [-0.15, -0.1) is 0 Å². The maximum Gasteiger partial charge on any atom is 0.259 e. The highest BCUT2D eigenvalue weighted by Gasteiger charge is 2.11. The highest BCUT2D eigenvalue weighted by Crippen LogP contribution is 2.24. The number of benzene rings is 2. The first-order valence-electron chi connectivity index (χ1n) is 9.13. The van der Waals surface area contributed by atoms with Crippen LogP contribution in [-0.2, 0) is 4.79 Å². The summed E-state index contributed by atoms with van der Waals surface area (Å²) in [6.07, 6.45) is 1.66. The number of carbonyl (C=O) groups excluding carboxylic acids is 1. The fourth-order valence-electron chi connectivity index (χ4n) is 2.67. The van der Waals surface area contributed by atoms with Crippen LogP contribution in [0.1, 0.15) is 0 Å². The van der Waals surface area contributed by atoms with Crippen molar-refractivity contribution in [3.8, 4) is 28.6 Å². The molecule has 7 nitrogen and oxygen atoms in total. The number of amides is 1. The van der Waals surface area contributed by atoms with Gasteiger partial charge in [-0.1, -0.05) is 53.3 Å². The smallest absolute Gasteiger partial charge is 0.259 e. The third kappa shape index (κ3) is 4.84. The predicted octanol–water partition coefficient (Wildman–Crippen LogP) is 4.54. The largest absolute Gasteiger partial charge is 0.497 e. The number of nitrogens with one attached hydrogen (secondary N) is 1. The molecule has 0 unspecified atom stereocenters. The number of hydrogen-bond donors (Lipinski definition) is 1. The van der Waals surface area contributed by atoms with E-state index >= 15 is 0 Å². The monoisotopic (exact) mass is 418 g/mol. The van der Waals surface area contributed by atoms with E-state index in [-0.39, 0.29) is 11.7 Å². The average Bonchev–Trinajstić information content (AvgIpc) is 3.29. The van der Waals surface area contributed by atoms with Gasteiger partial charge < -0.3 is 14.6 Å². The zero-order valence-electron chi connectivity index (χ0n) is 16.1. The Morgan fingerprint density at radius 2 is 1.93 bits per heavy atom. The number of ether oxygens (including phenoxy) is 1. The van der Waals surface area contributed by atoms with Crippen LogP contribution in [-0.4, -0.2) is 33.9 Å². The Kier molecular flexibility index (Phi) is 6.05. The predicted molar refractivity (Wildman–Crippen MR) is 115 cm³/mol. The molecule has 0 saturated heterocycles. The molecule has 0 aliphatic rings. The van der Waals surface area contributed by atoms with Crippen molar-refractivity contribution in [2.24, 2.45) is 0 Å². The van der Waals surface area contributed by atoms with Crippen LogP contribution >= 0.6 is 11.8 Å². The first kappa shape index (κ1) is 19.7. The van der Waals surface area contributed by atoms with E-state index in [1.54, 1.807) is 19.4 Å². The van der Waals surface area contributed by atoms with E-state index in [0.717, 1.165) is 16.2 Å². The highest BCUT2D eigenvalue weighted by atomic mass is 32.2. The summed E-state index contributed by atoms with van der Waals surface area (Å²) >= 11 is 1.34. The van der Waals surface area contributed by atoms with Crippen LogP contribution in [0.2, 0.25) is 0 Å². The normalized spacial score (nSPS) is 10.6. The van der Waals surface area contributed by atoms with Crippen LogP contribution < -0.4 is 10.1 Å². The number of thioether (sulfide) groups is 1. The van der Waals surface area contributed by atoms with E-state index in [1.165, 1.54) is 11.8 Å². The van der Waals surface area contributed by atoms with Gasteiger partial charge in [0.15, 0.2) is 0 Å². The van der Waals surface area contributed by atoms with Crippen LogP contribution in [0.3, 0.4) is 0 Å². The van der Waals surface area contributed by atoms with Gasteiger partial charge in [-0.3, -0.25) is 4.79 Å². The second-order valence-corrected chi connectivity index (χ2v) is 7.24. The van der Waals surface area contributed by atoms with Crippen molar-refractivity contribution in [3.63, 3.8) is 0 Å². The molecular weight excluding hydrogens is 400 g/mol. The van der Waals surface area contributed by atoms with Crippen LogP contribution in [0.15, 0.2) is 82.5 Å². The van der Waals surface area contributed by atoms with Crippen molar-refractivity contribution in [3.05, 3.63) is 72.9 Å². The summed E-state index contributed by atoms with van der Waals surface area (Å²) in [5.41, 5.74) is 2.29. The van der Waals surface area contributed by atoms with Gasteiger partial charge in [0.05, 0.1) is 23.5 Å². The minimum atomic E-state index is -0.122. The second-order valence-electron chi connectivity index (χ2n) is 6.24. The van der Waals surface area contributed by atoms with Gasteiger partial charge in [-0.25, -0.2) is 4.98 Å². The summed E-state index contributed by atoms with van der Waals surface area (Å²) in [6, 6.07) is 20.5. The third-order valence-electron chi connectivity index (χ3n) is 4.15. The van der Waals surface area contributed by atoms with Crippen molar-refractivity contribution in [2.45, 2.75) is 5.03 Å². The molecule has 1 amide bonds. The summed E-state index contributed by atoms with van der Waals surface area (Å²) in [6.45, 7) is 0. The van der Waals surface area contributed by atoms with Crippen molar-refractivity contribution in [1.82, 2.24) is 15.1 Å². The van der Waals surface area contributed by atoms with Gasteiger partial charge in [0.1, 0.15) is 5.75 Å². The van der Waals surface area contributed by atoms with Gasteiger partial charge in [-0.05, 0) is 24.3 Å². The molecule has 150 valence electrons. The lowest BCUT2D eigenvalue weighted by atomic mass is 10.2. The standard InChI is InChI=1S/C22H18N4O3S/c1-28-18-9-5-8-17(12-18)24-19(27)14-30-20-11-10-16(13-23-20)22-25-21(26-29-22)15-6-3-2-4-7-15/h2-13H,14H2,1H3,(H,24,27). The van der Waals surface area contributed by atoms with Gasteiger partial charge in [0.25, 0.3) is 5.89 Å². The lowest BCUT2D eigenvalue weighted by Gasteiger charge is -2.06. The van der Waals surface area contributed by atoms with Crippen LogP contribution in [0.5, 0.6) is 5.75 Å². The lowest BCUT2D eigenvalue weighted by molar-refractivity contribution is -0.113. The van der Waals surface area contributed by atoms with Crippen molar-refractivity contribution >= 4 is 23.4 Å². The Bertz CT molecular complexity index is 1130. The second kappa shape index (κ2) is 9.23. The zero-order chi connectivity index (χ0) is 20.8. The Labute approximate surface area is 177 Å². The van der Waals surface area contributed by atoms with Crippen LogP contribution in [0, 0.1) is 0 Å². The Balaban J connectivity index is 1.35. The molecule has 0 bridgehead atoms. The van der Waals surface area contributed by atoms with E-state index in [9.17, 15) is 4.79 Å². The molecule has 4 aromatic rings. The fraction of sp³-hybridized carbons (Fsp3) is 0.0909. The summed E-state index contributed by atoms with van der Waals surface area (Å²) in [5, 5.41) is 7.58.